The molecule has 1 N–H and O–H groups in total. The van der Waals surface area contributed by atoms with Crippen molar-refractivity contribution in [2.24, 2.45) is 0 Å². The second-order valence-corrected chi connectivity index (χ2v) is 8.24. The lowest BCUT2D eigenvalue weighted by Gasteiger charge is -2.35. The molecule has 0 aromatic heterocycles. The molecule has 1 aromatic rings. The van der Waals surface area contributed by atoms with Crippen LogP contribution in [0.2, 0.25) is 0 Å². The van der Waals surface area contributed by atoms with Crippen molar-refractivity contribution in [2.45, 2.75) is 45.8 Å². The van der Waals surface area contributed by atoms with Crippen LogP contribution in [0.4, 0.5) is 10.5 Å². The second kappa shape index (κ2) is 7.31. The molecule has 0 radical (unpaired) electrons. The normalized spacial score (nSPS) is 21.7. The highest BCUT2D eigenvalue weighted by Crippen LogP contribution is 2.25. The minimum absolute atomic E-state index is 0.144. The molecule has 7 heteroatoms. The number of imide groups is 1. The third-order valence-electron chi connectivity index (χ3n) is 5.05. The number of carbonyl (C=O) groups excluding carboxylic acids is 3. The number of rotatable bonds is 2. The molecule has 7 nitrogen and oxygen atoms in total. The van der Waals surface area contributed by atoms with Gasteiger partial charge in [-0.2, -0.15) is 0 Å². The Labute approximate surface area is 159 Å². The summed E-state index contributed by atoms with van der Waals surface area (Å²) in [7, 11) is 0. The van der Waals surface area contributed by atoms with Crippen LogP contribution in [-0.4, -0.2) is 60.6 Å². The molecular weight excluding hydrogens is 346 g/mol. The van der Waals surface area contributed by atoms with E-state index in [1.165, 1.54) is 4.90 Å². The Balaban J connectivity index is 1.64. The van der Waals surface area contributed by atoms with Crippen LogP contribution in [0.1, 0.15) is 32.8 Å². The van der Waals surface area contributed by atoms with Crippen molar-refractivity contribution in [3.63, 3.8) is 0 Å². The summed E-state index contributed by atoms with van der Waals surface area (Å²) in [5.74, 6) is -0.295. The fourth-order valence-electron chi connectivity index (χ4n) is 3.67. The summed E-state index contributed by atoms with van der Waals surface area (Å²) in [6, 6.07) is 7.06. The monoisotopic (exact) mass is 374 g/mol. The number of amides is 3. The number of aryl methyl sites for hydroxylation is 1. The average molecular weight is 374 g/mol. The molecule has 3 rings (SSSR count). The van der Waals surface area contributed by atoms with Crippen LogP contribution in [-0.2, 0) is 14.3 Å². The first-order chi connectivity index (χ1) is 12.7. The molecule has 0 bridgehead atoms. The number of para-hydroxylation sites is 1. The minimum atomic E-state index is -0.525. The van der Waals surface area contributed by atoms with E-state index in [-0.39, 0.29) is 30.4 Å². The smallest absolute Gasteiger partial charge is 0.410 e. The van der Waals surface area contributed by atoms with Gasteiger partial charge < -0.3 is 9.64 Å². The predicted molar refractivity (Wildman–Crippen MR) is 101 cm³/mol. The molecule has 2 aliphatic heterocycles. The number of nitrogens with zero attached hydrogens (tertiary/aromatic N) is 2. The van der Waals surface area contributed by atoms with Gasteiger partial charge in [-0.1, -0.05) is 18.2 Å². The number of nitrogens with one attached hydrogen (secondary N) is 1. The molecule has 0 spiro atoms. The molecule has 3 amide bonds. The minimum Gasteiger partial charge on any atom is -0.444 e. The zero-order chi connectivity index (χ0) is 19.8. The molecule has 0 saturated carbocycles. The first-order valence-corrected chi connectivity index (χ1v) is 9.42. The SMILES string of the molecule is Cc1ccccc1N1C(=O)C[C@@H]([NH+]2CCN(C(=O)OC(C)(C)C)CC2)C1=O. The third-order valence-corrected chi connectivity index (χ3v) is 5.05. The largest absolute Gasteiger partial charge is 0.444 e. The van der Waals surface area contributed by atoms with Crippen LogP contribution in [0, 0.1) is 6.92 Å². The molecule has 2 saturated heterocycles. The third kappa shape index (κ3) is 4.13. The fourth-order valence-corrected chi connectivity index (χ4v) is 3.67. The van der Waals surface area contributed by atoms with Gasteiger partial charge in [0.1, 0.15) is 5.60 Å². The number of hydrogen-bond donors (Lipinski definition) is 1. The van der Waals surface area contributed by atoms with Crippen LogP contribution >= 0.6 is 0 Å². The van der Waals surface area contributed by atoms with E-state index in [0.717, 1.165) is 10.5 Å². The second-order valence-electron chi connectivity index (χ2n) is 8.24. The molecule has 1 atom stereocenters. The lowest BCUT2D eigenvalue weighted by molar-refractivity contribution is -0.918. The quantitative estimate of drug-likeness (QED) is 0.776. The Bertz CT molecular complexity index is 748. The van der Waals surface area contributed by atoms with Gasteiger partial charge >= 0.3 is 6.09 Å². The topological polar surface area (TPSA) is 71.4 Å². The van der Waals surface area contributed by atoms with Crippen LogP contribution in [0.3, 0.4) is 0 Å². The number of benzene rings is 1. The van der Waals surface area contributed by atoms with Crippen LogP contribution < -0.4 is 9.80 Å². The molecular formula is C20H28N3O4+. The summed E-state index contributed by atoms with van der Waals surface area (Å²) in [5.41, 5.74) is 1.05. The number of quaternary nitrogens is 1. The standard InChI is InChI=1S/C20H27N3O4/c1-14-7-5-6-8-15(14)23-17(24)13-16(18(23)25)21-9-11-22(12-10-21)19(26)27-20(2,3)4/h5-8,16H,9-13H2,1-4H3/p+1/t16-/m1/s1. The molecule has 2 aliphatic rings. The maximum atomic E-state index is 12.9. The Kier molecular flexibility index (Phi) is 5.24. The lowest BCUT2D eigenvalue weighted by Crippen LogP contribution is -3.19. The average Bonchev–Trinajstić information content (AvgIpc) is 2.89. The van der Waals surface area contributed by atoms with Crippen molar-refractivity contribution in [1.29, 1.82) is 0 Å². The number of piperazine rings is 1. The lowest BCUT2D eigenvalue weighted by atomic mass is 10.1. The van der Waals surface area contributed by atoms with E-state index >= 15 is 0 Å². The summed E-state index contributed by atoms with van der Waals surface area (Å²) in [4.78, 5) is 41.7. The van der Waals surface area contributed by atoms with E-state index in [4.69, 9.17) is 4.74 Å². The zero-order valence-corrected chi connectivity index (χ0v) is 16.4. The van der Waals surface area contributed by atoms with Gasteiger partial charge in [0.2, 0.25) is 5.91 Å². The Hall–Kier alpha value is -2.41. The summed E-state index contributed by atoms with van der Waals surface area (Å²) < 4.78 is 5.41. The first-order valence-electron chi connectivity index (χ1n) is 9.42. The van der Waals surface area contributed by atoms with Crippen molar-refractivity contribution in [1.82, 2.24) is 4.90 Å². The highest BCUT2D eigenvalue weighted by molar-refractivity contribution is 6.22. The summed E-state index contributed by atoms with van der Waals surface area (Å²) >= 11 is 0. The van der Waals surface area contributed by atoms with Gasteiger partial charge in [0, 0.05) is 0 Å². The molecule has 0 unspecified atom stereocenters. The molecule has 146 valence electrons. The van der Waals surface area contributed by atoms with Crippen LogP contribution in [0.15, 0.2) is 24.3 Å². The maximum absolute atomic E-state index is 12.9. The number of hydrogen-bond acceptors (Lipinski definition) is 4. The van der Waals surface area contributed by atoms with E-state index in [2.05, 4.69) is 0 Å². The van der Waals surface area contributed by atoms with Gasteiger partial charge in [0.25, 0.3) is 5.91 Å². The van der Waals surface area contributed by atoms with E-state index in [0.29, 0.717) is 31.9 Å². The number of ether oxygens (including phenoxy) is 1. The molecule has 2 heterocycles. The van der Waals surface area contributed by atoms with Crippen molar-refractivity contribution in [2.75, 3.05) is 31.1 Å². The summed E-state index contributed by atoms with van der Waals surface area (Å²) in [6.45, 7) is 9.73. The Morgan fingerprint density at radius 1 is 1.15 bits per heavy atom. The molecule has 27 heavy (non-hydrogen) atoms. The van der Waals surface area contributed by atoms with E-state index in [1.54, 1.807) is 4.90 Å². The molecule has 0 aliphatic carbocycles. The van der Waals surface area contributed by atoms with Gasteiger partial charge in [-0.25, -0.2) is 9.69 Å². The van der Waals surface area contributed by atoms with E-state index in [9.17, 15) is 14.4 Å². The Morgan fingerprint density at radius 2 is 1.78 bits per heavy atom. The van der Waals surface area contributed by atoms with E-state index in [1.807, 2.05) is 52.0 Å². The van der Waals surface area contributed by atoms with Gasteiger partial charge in [0.05, 0.1) is 38.3 Å². The first kappa shape index (κ1) is 19.4. The van der Waals surface area contributed by atoms with Crippen molar-refractivity contribution in [3.05, 3.63) is 29.8 Å². The maximum Gasteiger partial charge on any atom is 0.410 e. The van der Waals surface area contributed by atoms with Gasteiger partial charge in [-0.05, 0) is 39.3 Å². The van der Waals surface area contributed by atoms with Gasteiger partial charge in [0.15, 0.2) is 6.04 Å². The van der Waals surface area contributed by atoms with Crippen molar-refractivity contribution in [3.8, 4) is 0 Å². The van der Waals surface area contributed by atoms with Crippen LogP contribution in [0.25, 0.3) is 0 Å². The van der Waals surface area contributed by atoms with Crippen molar-refractivity contribution < 1.29 is 24.0 Å². The van der Waals surface area contributed by atoms with Gasteiger partial charge in [-0.3, -0.25) is 14.5 Å². The Morgan fingerprint density at radius 3 is 2.37 bits per heavy atom. The predicted octanol–water partition coefficient (Wildman–Crippen LogP) is 0.763. The van der Waals surface area contributed by atoms with Crippen LogP contribution in [0.5, 0.6) is 0 Å². The fraction of sp³-hybridized carbons (Fsp3) is 0.550. The number of anilines is 1. The molecule has 2 fully saturated rings. The summed E-state index contributed by atoms with van der Waals surface area (Å²) in [6.07, 6.45) is -0.105. The number of carbonyl (C=O) groups is 3. The van der Waals surface area contributed by atoms with Crippen molar-refractivity contribution >= 4 is 23.6 Å². The molecule has 1 aromatic carbocycles. The van der Waals surface area contributed by atoms with E-state index < -0.39 is 5.60 Å². The highest BCUT2D eigenvalue weighted by Gasteiger charge is 2.47. The van der Waals surface area contributed by atoms with Gasteiger partial charge in [-0.15, -0.1) is 0 Å². The highest BCUT2D eigenvalue weighted by atomic mass is 16.6. The zero-order valence-electron chi connectivity index (χ0n) is 16.4. The summed E-state index contributed by atoms with van der Waals surface area (Å²) in [5, 5.41) is 0.